The molecule has 4 rings (SSSR count). The van der Waals surface area contributed by atoms with E-state index in [-0.39, 0.29) is 43.0 Å². The van der Waals surface area contributed by atoms with Gasteiger partial charge >= 0.3 is 6.09 Å². The number of nitrogens with zero attached hydrogens (tertiary/aromatic N) is 1. The molecule has 6 amide bonds. The lowest BCUT2D eigenvalue weighted by Crippen LogP contribution is -2.56. The molecule has 15 nitrogen and oxygen atoms in total. The average Bonchev–Trinajstić information content (AvgIpc) is 3.87. The van der Waals surface area contributed by atoms with Gasteiger partial charge in [0.25, 0.3) is 5.91 Å². The number of likely N-dealkylation sites (N-methyl/N-ethyl adjacent to an activating group) is 1. The first-order valence-corrected chi connectivity index (χ1v) is 20.1. The van der Waals surface area contributed by atoms with Crippen molar-refractivity contribution in [2.45, 2.75) is 141 Å². The first-order valence-electron chi connectivity index (χ1n) is 20.1. The van der Waals surface area contributed by atoms with E-state index in [1.54, 1.807) is 58.0 Å². The Morgan fingerprint density at radius 3 is 2.18 bits per heavy atom. The number of aliphatic hydroxyl groups is 1. The molecule has 2 aliphatic carbocycles. The van der Waals surface area contributed by atoms with E-state index in [2.05, 4.69) is 33.5 Å². The van der Waals surface area contributed by atoms with Gasteiger partial charge in [-0.2, -0.15) is 0 Å². The normalized spacial score (nSPS) is 21.4. The van der Waals surface area contributed by atoms with Gasteiger partial charge in [0.05, 0.1) is 18.7 Å². The molecule has 6 N–H and O–H groups in total. The maximum Gasteiger partial charge on any atom is 0.407 e. The van der Waals surface area contributed by atoms with Crippen LogP contribution in [0.1, 0.15) is 117 Å². The minimum Gasteiger partial charge on any atom is -0.444 e. The fourth-order valence-electron chi connectivity index (χ4n) is 7.98. The van der Waals surface area contributed by atoms with Crippen molar-refractivity contribution in [3.63, 3.8) is 0 Å². The smallest absolute Gasteiger partial charge is 0.407 e. The van der Waals surface area contributed by atoms with E-state index in [1.165, 1.54) is 11.9 Å². The number of Topliss-reactive ketones (excluding diaryl/α,β-unsaturated/α-hetero) is 1. The van der Waals surface area contributed by atoms with Crippen molar-refractivity contribution in [1.82, 2.24) is 31.5 Å². The number of likely N-dealkylation sites (tertiary alicyclic amines) is 1. The fraction of sp³-hybridized carbons (Fsp3) is 0.683. The standard InChI is InChI=1S/C41H62N6O9/c1-25(48)21-28-17-20-47(32(50)23-30(41(5)18-11-8-12-19-41)45-39(55)56-40(2,3)4)34(28)37(53)44-29(22-26-15-16-26)35(51)38(54)43-24-31(49)46-33(36(52)42-6)27-13-9-7-10-14-27/h7,9-10,13-14,25-26,28-30,33-34,48H,8,11-12,15-24H2,1-6H3,(H,42,52)(H,43,54)(H,44,53)(H,45,55)(H,46,49)/t25?,28-,29?,30?,33?,34?/m1/s1. The second-order valence-electron chi connectivity index (χ2n) is 17.1. The minimum atomic E-state index is -1.21. The summed E-state index contributed by atoms with van der Waals surface area (Å²) in [5, 5.41) is 23.5. The summed E-state index contributed by atoms with van der Waals surface area (Å²) >= 11 is 0. The molecular formula is C41H62N6O9. The molecule has 2 saturated carbocycles. The first kappa shape index (κ1) is 44.2. The van der Waals surface area contributed by atoms with Crippen LogP contribution in [0.5, 0.6) is 0 Å². The molecular weight excluding hydrogens is 720 g/mol. The highest BCUT2D eigenvalue weighted by atomic mass is 16.6. The van der Waals surface area contributed by atoms with Crippen LogP contribution in [-0.2, 0) is 33.5 Å². The molecule has 3 aliphatic rings. The molecule has 1 aromatic carbocycles. The molecule has 15 heteroatoms. The second kappa shape index (κ2) is 19.6. The van der Waals surface area contributed by atoms with Gasteiger partial charge in [-0.25, -0.2) is 4.79 Å². The molecule has 1 saturated heterocycles. The molecule has 0 aromatic heterocycles. The van der Waals surface area contributed by atoms with Crippen molar-refractivity contribution >= 4 is 41.4 Å². The van der Waals surface area contributed by atoms with Crippen LogP contribution in [0.3, 0.4) is 0 Å². The third kappa shape index (κ3) is 12.8. The Labute approximate surface area is 330 Å². The highest BCUT2D eigenvalue weighted by Crippen LogP contribution is 2.41. The van der Waals surface area contributed by atoms with Crippen LogP contribution in [0.4, 0.5) is 4.79 Å². The Morgan fingerprint density at radius 2 is 1.59 bits per heavy atom. The molecule has 6 atom stereocenters. The number of carbonyl (C=O) groups is 7. The predicted octanol–water partition coefficient (Wildman–Crippen LogP) is 2.80. The summed E-state index contributed by atoms with van der Waals surface area (Å²) < 4.78 is 5.56. The zero-order valence-electron chi connectivity index (χ0n) is 33.8. The molecule has 1 heterocycles. The number of nitrogens with one attached hydrogen (secondary N) is 5. The van der Waals surface area contributed by atoms with Gasteiger partial charge in [0.15, 0.2) is 0 Å². The molecule has 56 heavy (non-hydrogen) atoms. The van der Waals surface area contributed by atoms with Crippen LogP contribution in [0.2, 0.25) is 0 Å². The molecule has 0 spiro atoms. The van der Waals surface area contributed by atoms with Gasteiger partial charge in [-0.05, 0) is 82.6 Å². The van der Waals surface area contributed by atoms with Crippen LogP contribution in [0.25, 0.3) is 0 Å². The summed E-state index contributed by atoms with van der Waals surface area (Å²) in [5.41, 5.74) is -0.590. The third-order valence-corrected chi connectivity index (χ3v) is 11.1. The Bertz CT molecular complexity index is 1570. The fourth-order valence-corrected chi connectivity index (χ4v) is 7.98. The lowest BCUT2D eigenvalue weighted by molar-refractivity contribution is -0.143. The van der Waals surface area contributed by atoms with E-state index in [9.17, 15) is 38.7 Å². The average molecular weight is 783 g/mol. The topological polar surface area (TPSA) is 212 Å². The van der Waals surface area contributed by atoms with Crippen molar-refractivity contribution in [2.75, 3.05) is 20.1 Å². The number of alkyl carbamates (subject to hydrolysis) is 1. The van der Waals surface area contributed by atoms with E-state index >= 15 is 0 Å². The van der Waals surface area contributed by atoms with Gasteiger partial charge in [0, 0.05) is 26.1 Å². The minimum absolute atomic E-state index is 0.0686. The van der Waals surface area contributed by atoms with Gasteiger partial charge < -0.3 is 41.3 Å². The highest BCUT2D eigenvalue weighted by molar-refractivity contribution is 6.38. The zero-order valence-corrected chi connectivity index (χ0v) is 33.8. The van der Waals surface area contributed by atoms with Crippen molar-refractivity contribution in [1.29, 1.82) is 0 Å². The van der Waals surface area contributed by atoms with Crippen LogP contribution < -0.4 is 26.6 Å². The number of hydrogen-bond donors (Lipinski definition) is 6. The first-order chi connectivity index (χ1) is 26.4. The number of ketones is 1. The number of amides is 6. The summed E-state index contributed by atoms with van der Waals surface area (Å²) in [7, 11) is 1.44. The number of hydrogen-bond acceptors (Lipinski definition) is 9. The zero-order chi connectivity index (χ0) is 41.2. The second-order valence-corrected chi connectivity index (χ2v) is 17.1. The molecule has 1 aliphatic heterocycles. The summed E-state index contributed by atoms with van der Waals surface area (Å²) in [6.45, 7) is 8.63. The quantitative estimate of drug-likeness (QED) is 0.128. The Balaban J connectivity index is 1.47. The number of carbonyl (C=O) groups excluding carboxylic acids is 7. The monoisotopic (exact) mass is 782 g/mol. The third-order valence-electron chi connectivity index (χ3n) is 11.1. The highest BCUT2D eigenvalue weighted by Gasteiger charge is 2.46. The number of rotatable bonds is 17. The number of aliphatic hydroxyl groups excluding tert-OH is 1. The van der Waals surface area contributed by atoms with Crippen LogP contribution in [0.15, 0.2) is 30.3 Å². The summed E-state index contributed by atoms with van der Waals surface area (Å²) in [6, 6.07) is 4.73. The molecule has 0 radical (unpaired) electrons. The van der Waals surface area contributed by atoms with Gasteiger partial charge in [-0.15, -0.1) is 0 Å². The molecule has 0 bridgehead atoms. The van der Waals surface area contributed by atoms with E-state index in [0.29, 0.717) is 12.0 Å². The van der Waals surface area contributed by atoms with E-state index in [1.807, 2.05) is 0 Å². The van der Waals surface area contributed by atoms with E-state index in [4.69, 9.17) is 4.74 Å². The van der Waals surface area contributed by atoms with Crippen LogP contribution in [-0.4, -0.2) is 101 Å². The molecule has 1 aromatic rings. The van der Waals surface area contributed by atoms with Crippen molar-refractivity contribution in [3.8, 4) is 0 Å². The van der Waals surface area contributed by atoms with E-state index in [0.717, 1.165) is 44.9 Å². The SMILES string of the molecule is CNC(=O)C(NC(=O)CNC(=O)C(=O)C(CC1CC1)NC(=O)C1[C@@H](CC(C)O)CCN1C(=O)CC(NC(=O)OC(C)(C)C)C1(C)CCCCC1)c1ccccc1. The van der Waals surface area contributed by atoms with E-state index < -0.39 is 83.8 Å². The summed E-state index contributed by atoms with van der Waals surface area (Å²) in [5.74, 6) is -4.43. The van der Waals surface area contributed by atoms with Gasteiger partial charge in [0.1, 0.15) is 17.7 Å². The number of benzene rings is 1. The summed E-state index contributed by atoms with van der Waals surface area (Å²) in [6.07, 6.45) is 5.68. The maximum absolute atomic E-state index is 14.2. The van der Waals surface area contributed by atoms with Crippen molar-refractivity contribution in [3.05, 3.63) is 35.9 Å². The Kier molecular flexibility index (Phi) is 15.4. The molecule has 3 fully saturated rings. The lowest BCUT2D eigenvalue weighted by Gasteiger charge is -2.42. The van der Waals surface area contributed by atoms with Crippen molar-refractivity contribution < 1.29 is 43.4 Å². The largest absolute Gasteiger partial charge is 0.444 e. The van der Waals surface area contributed by atoms with Crippen LogP contribution >= 0.6 is 0 Å². The van der Waals surface area contributed by atoms with Gasteiger partial charge in [-0.3, -0.25) is 28.8 Å². The van der Waals surface area contributed by atoms with Gasteiger partial charge in [0.2, 0.25) is 29.4 Å². The predicted molar refractivity (Wildman–Crippen MR) is 208 cm³/mol. The van der Waals surface area contributed by atoms with Gasteiger partial charge in [-0.1, -0.05) is 69.4 Å². The Morgan fingerprint density at radius 1 is 0.929 bits per heavy atom. The molecule has 310 valence electrons. The number of ether oxygens (including phenoxy) is 1. The molecule has 5 unspecified atom stereocenters. The Hall–Kier alpha value is -4.53. The summed E-state index contributed by atoms with van der Waals surface area (Å²) in [4.78, 5) is 95.1. The lowest BCUT2D eigenvalue weighted by atomic mass is 9.69. The van der Waals surface area contributed by atoms with Crippen molar-refractivity contribution in [2.24, 2.45) is 17.3 Å². The maximum atomic E-state index is 14.2. The van der Waals surface area contributed by atoms with Crippen LogP contribution in [0, 0.1) is 17.3 Å².